The molecule has 1 aromatic rings. The molecule has 0 aliphatic carbocycles. The van der Waals surface area contributed by atoms with Crippen molar-refractivity contribution in [2.24, 2.45) is 0 Å². The summed E-state index contributed by atoms with van der Waals surface area (Å²) in [6.45, 7) is 0.331. The number of hydrogen-bond donors (Lipinski definition) is 2. The van der Waals surface area contributed by atoms with Crippen LogP contribution >= 0.6 is 0 Å². The molecule has 1 aliphatic heterocycles. The number of halogens is 1. The molecule has 3 N–H and O–H groups in total. The Bertz CT molecular complexity index is 362. The number of benzene rings is 1. The lowest BCUT2D eigenvalue weighted by Gasteiger charge is -2.00. The van der Waals surface area contributed by atoms with Crippen molar-refractivity contribution in [1.29, 1.82) is 0 Å². The maximum absolute atomic E-state index is 13.0. The van der Waals surface area contributed by atoms with Crippen LogP contribution in [0.3, 0.4) is 0 Å². The summed E-state index contributed by atoms with van der Waals surface area (Å²) in [5.41, 5.74) is 6.67. The lowest BCUT2D eigenvalue weighted by Crippen LogP contribution is -2.13. The number of nitrogens with one attached hydrogen (secondary N) is 1. The van der Waals surface area contributed by atoms with Gasteiger partial charge in [0, 0.05) is 17.8 Å². The SMILES string of the molecule is Nc1ccc(F)c2c1CNC2=O. The molecule has 0 bridgehead atoms. The maximum Gasteiger partial charge on any atom is 0.254 e. The van der Waals surface area contributed by atoms with E-state index >= 15 is 0 Å². The zero-order valence-corrected chi connectivity index (χ0v) is 6.23. The van der Waals surface area contributed by atoms with Gasteiger partial charge in [-0.1, -0.05) is 0 Å². The minimum Gasteiger partial charge on any atom is -0.398 e. The van der Waals surface area contributed by atoms with Crippen LogP contribution in [0.15, 0.2) is 12.1 Å². The van der Waals surface area contributed by atoms with E-state index < -0.39 is 5.82 Å². The molecule has 12 heavy (non-hydrogen) atoms. The van der Waals surface area contributed by atoms with Gasteiger partial charge in [-0.05, 0) is 12.1 Å². The van der Waals surface area contributed by atoms with Crippen molar-refractivity contribution < 1.29 is 9.18 Å². The van der Waals surface area contributed by atoms with Gasteiger partial charge in [0.25, 0.3) is 5.91 Å². The molecule has 1 amide bonds. The van der Waals surface area contributed by atoms with Gasteiger partial charge in [0.2, 0.25) is 0 Å². The van der Waals surface area contributed by atoms with Gasteiger partial charge in [-0.3, -0.25) is 4.79 Å². The maximum atomic E-state index is 13.0. The van der Waals surface area contributed by atoms with Crippen molar-refractivity contribution in [3.63, 3.8) is 0 Å². The summed E-state index contributed by atoms with van der Waals surface area (Å²) < 4.78 is 13.0. The average molecular weight is 166 g/mol. The minimum absolute atomic E-state index is 0.0926. The van der Waals surface area contributed by atoms with E-state index in [9.17, 15) is 9.18 Å². The van der Waals surface area contributed by atoms with E-state index in [4.69, 9.17) is 5.73 Å². The second-order valence-electron chi connectivity index (χ2n) is 2.67. The Morgan fingerprint density at radius 3 is 2.92 bits per heavy atom. The summed E-state index contributed by atoms with van der Waals surface area (Å²) in [5.74, 6) is -0.885. The lowest BCUT2D eigenvalue weighted by atomic mass is 10.1. The Balaban J connectivity index is 2.72. The van der Waals surface area contributed by atoms with Crippen LogP contribution in [0, 0.1) is 5.82 Å². The number of nitrogen functional groups attached to an aromatic ring is 1. The highest BCUT2D eigenvalue weighted by atomic mass is 19.1. The van der Waals surface area contributed by atoms with Crippen molar-refractivity contribution in [2.45, 2.75) is 6.54 Å². The standard InChI is InChI=1S/C8H7FN2O/c9-5-1-2-6(10)4-3-11-8(12)7(4)5/h1-2H,3,10H2,(H,11,12). The van der Waals surface area contributed by atoms with E-state index in [1.54, 1.807) is 0 Å². The number of nitrogens with two attached hydrogens (primary N) is 1. The molecule has 2 rings (SSSR count). The number of carbonyl (C=O) groups is 1. The van der Waals surface area contributed by atoms with Crippen LogP contribution in [0.1, 0.15) is 15.9 Å². The van der Waals surface area contributed by atoms with E-state index in [1.165, 1.54) is 12.1 Å². The molecule has 0 aromatic heterocycles. The molecule has 0 radical (unpaired) electrons. The molecule has 0 atom stereocenters. The second kappa shape index (κ2) is 2.20. The van der Waals surface area contributed by atoms with Gasteiger partial charge in [0.1, 0.15) is 5.82 Å². The summed E-state index contributed by atoms with van der Waals surface area (Å²) in [6.07, 6.45) is 0. The third-order valence-electron chi connectivity index (χ3n) is 1.95. The van der Waals surface area contributed by atoms with E-state index in [-0.39, 0.29) is 11.5 Å². The first-order valence-electron chi connectivity index (χ1n) is 3.55. The zero-order chi connectivity index (χ0) is 8.72. The predicted octanol–water partition coefficient (Wildman–Crippen LogP) is 0.651. The van der Waals surface area contributed by atoms with Gasteiger partial charge < -0.3 is 11.1 Å². The van der Waals surface area contributed by atoms with E-state index in [0.29, 0.717) is 17.8 Å². The molecule has 1 heterocycles. The molecular weight excluding hydrogens is 159 g/mol. The second-order valence-corrected chi connectivity index (χ2v) is 2.67. The fraction of sp³-hybridized carbons (Fsp3) is 0.125. The van der Waals surface area contributed by atoms with Gasteiger partial charge >= 0.3 is 0 Å². The topological polar surface area (TPSA) is 55.1 Å². The molecule has 0 unspecified atom stereocenters. The summed E-state index contributed by atoms with van der Waals surface area (Å²) in [4.78, 5) is 11.0. The summed E-state index contributed by atoms with van der Waals surface area (Å²) >= 11 is 0. The van der Waals surface area contributed by atoms with Crippen LogP contribution in [0.5, 0.6) is 0 Å². The molecule has 4 heteroatoms. The Hall–Kier alpha value is -1.58. The molecule has 0 saturated carbocycles. The van der Waals surface area contributed by atoms with Crippen molar-refractivity contribution >= 4 is 11.6 Å². The molecule has 0 saturated heterocycles. The number of fused-ring (bicyclic) bond motifs is 1. The number of amides is 1. The van der Waals surface area contributed by atoms with Crippen LogP contribution < -0.4 is 11.1 Å². The Morgan fingerprint density at radius 2 is 2.25 bits per heavy atom. The van der Waals surface area contributed by atoms with Crippen molar-refractivity contribution in [3.8, 4) is 0 Å². The highest BCUT2D eigenvalue weighted by Crippen LogP contribution is 2.24. The molecule has 62 valence electrons. The van der Waals surface area contributed by atoms with Crippen LogP contribution in [0.2, 0.25) is 0 Å². The largest absolute Gasteiger partial charge is 0.398 e. The molecule has 1 aliphatic rings. The smallest absolute Gasteiger partial charge is 0.254 e. The van der Waals surface area contributed by atoms with Crippen LogP contribution in [0.25, 0.3) is 0 Å². The Kier molecular flexibility index (Phi) is 1.30. The van der Waals surface area contributed by atoms with Crippen LogP contribution in [0.4, 0.5) is 10.1 Å². The van der Waals surface area contributed by atoms with Gasteiger partial charge in [0.05, 0.1) is 5.56 Å². The predicted molar refractivity (Wildman–Crippen MR) is 42.0 cm³/mol. The van der Waals surface area contributed by atoms with Gasteiger partial charge in [0.15, 0.2) is 0 Å². The fourth-order valence-electron chi connectivity index (χ4n) is 1.33. The van der Waals surface area contributed by atoms with E-state index in [1.807, 2.05) is 0 Å². The molecular formula is C8H7FN2O. The summed E-state index contributed by atoms with van der Waals surface area (Å²) in [6, 6.07) is 2.67. The normalized spacial score (nSPS) is 14.2. The van der Waals surface area contributed by atoms with Crippen LogP contribution in [-0.4, -0.2) is 5.91 Å². The monoisotopic (exact) mass is 166 g/mol. The number of carbonyl (C=O) groups excluding carboxylic acids is 1. The van der Waals surface area contributed by atoms with E-state index in [2.05, 4.69) is 5.32 Å². The first kappa shape index (κ1) is 7.09. The number of rotatable bonds is 0. The fourth-order valence-corrected chi connectivity index (χ4v) is 1.33. The summed E-state index contributed by atoms with van der Waals surface area (Å²) in [5, 5.41) is 2.51. The molecule has 1 aromatic carbocycles. The highest BCUT2D eigenvalue weighted by molar-refractivity contribution is 6.00. The van der Waals surface area contributed by atoms with Crippen molar-refractivity contribution in [1.82, 2.24) is 5.32 Å². The van der Waals surface area contributed by atoms with Gasteiger partial charge in [-0.15, -0.1) is 0 Å². The van der Waals surface area contributed by atoms with Gasteiger partial charge in [-0.2, -0.15) is 0 Å². The van der Waals surface area contributed by atoms with Crippen molar-refractivity contribution in [2.75, 3.05) is 5.73 Å². The Labute approximate surface area is 68.4 Å². The minimum atomic E-state index is -0.505. The third-order valence-corrected chi connectivity index (χ3v) is 1.95. The number of hydrogen-bond acceptors (Lipinski definition) is 2. The Morgan fingerprint density at radius 1 is 1.50 bits per heavy atom. The molecule has 0 fully saturated rings. The quantitative estimate of drug-likeness (QED) is 0.556. The van der Waals surface area contributed by atoms with Gasteiger partial charge in [-0.25, -0.2) is 4.39 Å². The first-order chi connectivity index (χ1) is 5.70. The lowest BCUT2D eigenvalue weighted by molar-refractivity contribution is 0.0962. The first-order valence-corrected chi connectivity index (χ1v) is 3.55. The highest BCUT2D eigenvalue weighted by Gasteiger charge is 2.24. The molecule has 0 spiro atoms. The zero-order valence-electron chi connectivity index (χ0n) is 6.23. The van der Waals surface area contributed by atoms with Crippen molar-refractivity contribution in [3.05, 3.63) is 29.1 Å². The van der Waals surface area contributed by atoms with Crippen LogP contribution in [-0.2, 0) is 6.54 Å². The van der Waals surface area contributed by atoms with E-state index in [0.717, 1.165) is 0 Å². The average Bonchev–Trinajstić information content (AvgIpc) is 2.42. The number of anilines is 1. The summed E-state index contributed by atoms with van der Waals surface area (Å²) in [7, 11) is 0. The molecule has 3 nitrogen and oxygen atoms in total. The third kappa shape index (κ3) is 0.777.